The summed E-state index contributed by atoms with van der Waals surface area (Å²) in [5.41, 5.74) is 0.678. The second kappa shape index (κ2) is 6.19. The Bertz CT molecular complexity index is 534. The number of nitrogens with one attached hydrogen (secondary N) is 2. The Balaban J connectivity index is 1.64. The molecule has 0 bridgehead atoms. The van der Waals surface area contributed by atoms with Gasteiger partial charge in [0.05, 0.1) is 0 Å². The summed E-state index contributed by atoms with van der Waals surface area (Å²) in [6, 6.07) is 7.97. The Hall–Kier alpha value is -1.10. The van der Waals surface area contributed by atoms with Crippen molar-refractivity contribution in [3.8, 4) is 0 Å². The molecule has 120 valence electrons. The number of piperidine rings is 1. The highest BCUT2D eigenvalue weighted by atomic mass is 35.5. The first-order valence-electron chi connectivity index (χ1n) is 7.91. The average molecular weight is 323 g/mol. The Labute approximate surface area is 136 Å². The third-order valence-electron chi connectivity index (χ3n) is 5.11. The van der Waals surface area contributed by atoms with E-state index in [4.69, 9.17) is 16.3 Å². The van der Waals surface area contributed by atoms with E-state index < -0.39 is 5.60 Å². The first-order valence-corrected chi connectivity index (χ1v) is 8.28. The van der Waals surface area contributed by atoms with Gasteiger partial charge in [0.2, 0.25) is 0 Å². The highest BCUT2D eigenvalue weighted by molar-refractivity contribution is 6.30. The van der Waals surface area contributed by atoms with Gasteiger partial charge >= 0.3 is 0 Å². The molecule has 1 amide bonds. The van der Waals surface area contributed by atoms with Crippen molar-refractivity contribution in [1.29, 1.82) is 0 Å². The summed E-state index contributed by atoms with van der Waals surface area (Å²) in [4.78, 5) is 12.6. The van der Waals surface area contributed by atoms with Crippen molar-refractivity contribution in [2.45, 2.75) is 36.7 Å². The molecule has 2 N–H and O–H groups in total. The van der Waals surface area contributed by atoms with E-state index in [1.165, 1.54) is 5.56 Å². The van der Waals surface area contributed by atoms with E-state index in [-0.39, 0.29) is 11.3 Å². The number of methoxy groups -OCH3 is 1. The van der Waals surface area contributed by atoms with Crippen LogP contribution in [0.3, 0.4) is 0 Å². The van der Waals surface area contributed by atoms with Crippen LogP contribution in [0.5, 0.6) is 0 Å². The maximum absolute atomic E-state index is 12.6. The lowest BCUT2D eigenvalue weighted by atomic mass is 9.90. The van der Waals surface area contributed by atoms with Gasteiger partial charge in [-0.2, -0.15) is 0 Å². The normalized spacial score (nSPS) is 22.1. The zero-order chi connectivity index (χ0) is 15.6. The summed E-state index contributed by atoms with van der Waals surface area (Å²) in [5, 5.41) is 7.15. The van der Waals surface area contributed by atoms with E-state index in [1.807, 2.05) is 12.1 Å². The topological polar surface area (TPSA) is 50.4 Å². The molecule has 1 aromatic carbocycles. The van der Waals surface area contributed by atoms with Gasteiger partial charge in [0, 0.05) is 24.1 Å². The number of carbonyl (C=O) groups excluding carboxylic acids is 1. The van der Waals surface area contributed by atoms with Crippen LogP contribution >= 0.6 is 11.6 Å². The van der Waals surface area contributed by atoms with E-state index in [1.54, 1.807) is 7.11 Å². The van der Waals surface area contributed by atoms with Crippen molar-refractivity contribution in [3.63, 3.8) is 0 Å². The van der Waals surface area contributed by atoms with E-state index >= 15 is 0 Å². The molecule has 0 unspecified atom stereocenters. The summed E-state index contributed by atoms with van der Waals surface area (Å²) in [6.45, 7) is 2.32. The van der Waals surface area contributed by atoms with Gasteiger partial charge in [-0.15, -0.1) is 0 Å². The minimum absolute atomic E-state index is 0.0248. The fourth-order valence-electron chi connectivity index (χ4n) is 3.29. The summed E-state index contributed by atoms with van der Waals surface area (Å²) < 4.78 is 5.58. The fraction of sp³-hybridized carbons (Fsp3) is 0.588. The second-order valence-electron chi connectivity index (χ2n) is 6.42. The van der Waals surface area contributed by atoms with E-state index in [2.05, 4.69) is 22.8 Å². The molecule has 1 saturated carbocycles. The van der Waals surface area contributed by atoms with Crippen LogP contribution < -0.4 is 10.6 Å². The number of hydrogen-bond acceptors (Lipinski definition) is 3. The third kappa shape index (κ3) is 3.00. The first-order chi connectivity index (χ1) is 10.6. The maximum atomic E-state index is 12.6. The van der Waals surface area contributed by atoms with Crippen LogP contribution in [0.25, 0.3) is 0 Å². The highest BCUT2D eigenvalue weighted by Crippen LogP contribution is 2.47. The molecule has 1 aliphatic carbocycles. The summed E-state index contributed by atoms with van der Waals surface area (Å²) in [5.74, 6) is 0.0248. The predicted molar refractivity (Wildman–Crippen MR) is 87.2 cm³/mol. The van der Waals surface area contributed by atoms with E-state index in [9.17, 15) is 4.79 Å². The Morgan fingerprint density at radius 2 is 1.86 bits per heavy atom. The van der Waals surface area contributed by atoms with Crippen molar-refractivity contribution in [3.05, 3.63) is 34.9 Å². The molecule has 3 rings (SSSR count). The SMILES string of the molecule is COC1(C(=O)NCC2(c3ccc(Cl)cc3)CC2)CCNCC1. The average Bonchev–Trinajstić information content (AvgIpc) is 3.35. The van der Waals surface area contributed by atoms with E-state index in [0.29, 0.717) is 6.54 Å². The van der Waals surface area contributed by atoms with Crippen LogP contribution in [0.4, 0.5) is 0 Å². The molecule has 2 aliphatic rings. The quantitative estimate of drug-likeness (QED) is 0.874. The molecule has 0 aromatic heterocycles. The number of hydrogen-bond donors (Lipinski definition) is 2. The molecule has 1 aliphatic heterocycles. The van der Waals surface area contributed by atoms with Crippen LogP contribution in [0, 0.1) is 0 Å². The second-order valence-corrected chi connectivity index (χ2v) is 6.85. The van der Waals surface area contributed by atoms with Gasteiger partial charge < -0.3 is 15.4 Å². The molecule has 0 atom stereocenters. The van der Waals surface area contributed by atoms with Gasteiger partial charge in [0.25, 0.3) is 5.91 Å². The zero-order valence-electron chi connectivity index (χ0n) is 13.0. The summed E-state index contributed by atoms with van der Waals surface area (Å²) in [7, 11) is 1.64. The molecule has 1 heterocycles. The van der Waals surface area contributed by atoms with E-state index in [0.717, 1.165) is 43.8 Å². The van der Waals surface area contributed by atoms with Crippen LogP contribution in [0.2, 0.25) is 5.02 Å². The Kier molecular flexibility index (Phi) is 4.44. The van der Waals surface area contributed by atoms with Gasteiger partial charge in [0.1, 0.15) is 5.60 Å². The van der Waals surface area contributed by atoms with Crippen LogP contribution in [0.15, 0.2) is 24.3 Å². The van der Waals surface area contributed by atoms with Gasteiger partial charge in [0.15, 0.2) is 0 Å². The fourth-order valence-corrected chi connectivity index (χ4v) is 3.41. The van der Waals surface area contributed by atoms with Crippen molar-refractivity contribution >= 4 is 17.5 Å². The molecule has 1 saturated heterocycles. The Morgan fingerprint density at radius 1 is 1.23 bits per heavy atom. The molecule has 0 spiro atoms. The number of halogens is 1. The van der Waals surface area contributed by atoms with Gasteiger partial charge in [-0.3, -0.25) is 4.79 Å². The number of ether oxygens (including phenoxy) is 1. The molecule has 1 aromatic rings. The molecule has 22 heavy (non-hydrogen) atoms. The van der Waals surface area contributed by atoms with Crippen LogP contribution in [-0.2, 0) is 14.9 Å². The Morgan fingerprint density at radius 3 is 2.41 bits per heavy atom. The van der Waals surface area contributed by atoms with Crippen molar-refractivity contribution in [2.75, 3.05) is 26.7 Å². The van der Waals surface area contributed by atoms with Crippen molar-refractivity contribution in [1.82, 2.24) is 10.6 Å². The predicted octanol–water partition coefficient (Wildman–Crippen LogP) is 2.26. The lowest BCUT2D eigenvalue weighted by Crippen LogP contribution is -2.55. The molecule has 4 nitrogen and oxygen atoms in total. The van der Waals surface area contributed by atoms with Gasteiger partial charge in [-0.1, -0.05) is 23.7 Å². The minimum Gasteiger partial charge on any atom is -0.368 e. The van der Waals surface area contributed by atoms with Crippen molar-refractivity contribution in [2.24, 2.45) is 0 Å². The smallest absolute Gasteiger partial charge is 0.252 e. The van der Waals surface area contributed by atoms with Crippen molar-refractivity contribution < 1.29 is 9.53 Å². The largest absolute Gasteiger partial charge is 0.368 e. The van der Waals surface area contributed by atoms with Crippen LogP contribution in [0.1, 0.15) is 31.2 Å². The molecular weight excluding hydrogens is 300 g/mol. The summed E-state index contributed by atoms with van der Waals surface area (Å²) >= 11 is 5.96. The standard InChI is InChI=1S/C17H23ClN2O2/c1-22-17(8-10-19-11-9-17)15(21)20-12-16(6-7-16)13-2-4-14(18)5-3-13/h2-5,19H,6-12H2,1H3,(H,20,21). The molecule has 5 heteroatoms. The first kappa shape index (κ1) is 15.8. The van der Waals surface area contributed by atoms with Gasteiger partial charge in [-0.25, -0.2) is 0 Å². The number of benzene rings is 1. The zero-order valence-corrected chi connectivity index (χ0v) is 13.7. The van der Waals surface area contributed by atoms with Crippen LogP contribution in [-0.4, -0.2) is 38.3 Å². The number of carbonyl (C=O) groups is 1. The monoisotopic (exact) mass is 322 g/mol. The molecule has 2 fully saturated rings. The minimum atomic E-state index is -0.665. The lowest BCUT2D eigenvalue weighted by molar-refractivity contribution is -0.146. The lowest BCUT2D eigenvalue weighted by Gasteiger charge is -2.35. The molecular formula is C17H23ClN2O2. The summed E-state index contributed by atoms with van der Waals surface area (Å²) in [6.07, 6.45) is 3.67. The van der Waals surface area contributed by atoms with Gasteiger partial charge in [-0.05, 0) is 56.5 Å². The number of amides is 1. The molecule has 0 radical (unpaired) electrons. The number of rotatable bonds is 5. The highest BCUT2D eigenvalue weighted by Gasteiger charge is 2.46. The maximum Gasteiger partial charge on any atom is 0.252 e. The third-order valence-corrected chi connectivity index (χ3v) is 5.37.